The summed E-state index contributed by atoms with van der Waals surface area (Å²) < 4.78 is 6.03. The number of nitrogens with zero attached hydrogens (tertiary/aromatic N) is 1. The largest absolute Gasteiger partial charge is 0.449 e. The fraction of sp³-hybridized carbons (Fsp3) is 0.278. The first-order chi connectivity index (χ1) is 12.6. The van der Waals surface area contributed by atoms with Crippen LogP contribution >= 0.6 is 0 Å². The molecule has 134 valence electrons. The van der Waals surface area contributed by atoms with E-state index >= 15 is 0 Å². The molecule has 1 aromatic heterocycles. The lowest BCUT2D eigenvalue weighted by molar-refractivity contribution is -0.117. The summed E-state index contributed by atoms with van der Waals surface area (Å²) in [5.74, 6) is 0.882. The molecular weight excluding hydrogens is 334 g/mol. The van der Waals surface area contributed by atoms with Gasteiger partial charge in [-0.2, -0.15) is 0 Å². The third kappa shape index (κ3) is 2.69. The highest BCUT2D eigenvalue weighted by Gasteiger charge is 2.33. The molecule has 0 radical (unpaired) electrons. The van der Waals surface area contributed by atoms with Crippen LogP contribution in [0.2, 0.25) is 0 Å². The summed E-state index contributed by atoms with van der Waals surface area (Å²) in [5, 5.41) is 11.8. The van der Waals surface area contributed by atoms with E-state index in [9.17, 15) is 9.59 Å². The Bertz CT molecular complexity index is 908. The predicted molar refractivity (Wildman–Crippen MR) is 98.3 cm³/mol. The fourth-order valence-corrected chi connectivity index (χ4v) is 2.87. The van der Waals surface area contributed by atoms with Crippen molar-refractivity contribution in [2.24, 2.45) is 5.92 Å². The summed E-state index contributed by atoms with van der Waals surface area (Å²) in [5.41, 5.74) is 2.36. The standard InChI is InChI=1S/C18H19N5O3/c1-19-11-4-3-5-12-14(11)22-13-10(18(25)20-2)8-21-16(15(13)26-12)23-17(24)9-6-7-9/h3-5,8-9,19,22H,6-7H2,1-2H3,(H,20,25)(H,21,23,24). The molecule has 8 heteroatoms. The molecule has 1 aromatic carbocycles. The van der Waals surface area contributed by atoms with Gasteiger partial charge < -0.3 is 26.0 Å². The van der Waals surface area contributed by atoms with Crippen LogP contribution in [0.25, 0.3) is 0 Å². The lowest BCUT2D eigenvalue weighted by Gasteiger charge is -2.26. The second kappa shape index (κ2) is 6.21. The average Bonchev–Trinajstić information content (AvgIpc) is 3.51. The van der Waals surface area contributed by atoms with Crippen molar-refractivity contribution in [3.05, 3.63) is 30.0 Å². The van der Waals surface area contributed by atoms with Gasteiger partial charge in [-0.1, -0.05) is 6.07 Å². The Balaban J connectivity index is 1.80. The summed E-state index contributed by atoms with van der Waals surface area (Å²) in [7, 11) is 3.36. The van der Waals surface area contributed by atoms with Gasteiger partial charge in [0.25, 0.3) is 5.91 Å². The molecule has 2 aromatic rings. The van der Waals surface area contributed by atoms with E-state index in [0.717, 1.165) is 24.2 Å². The highest BCUT2D eigenvalue weighted by Crippen LogP contribution is 2.49. The number of anilines is 4. The van der Waals surface area contributed by atoms with Gasteiger partial charge in [0, 0.05) is 26.2 Å². The van der Waals surface area contributed by atoms with E-state index in [0.29, 0.717) is 28.6 Å². The first-order valence-corrected chi connectivity index (χ1v) is 8.44. The van der Waals surface area contributed by atoms with E-state index in [1.54, 1.807) is 14.1 Å². The normalized spacial score (nSPS) is 14.2. The third-order valence-corrected chi connectivity index (χ3v) is 4.45. The second-order valence-electron chi connectivity index (χ2n) is 6.22. The van der Waals surface area contributed by atoms with Crippen LogP contribution in [-0.2, 0) is 4.79 Å². The number of amides is 2. The van der Waals surface area contributed by atoms with Crippen LogP contribution in [0.15, 0.2) is 24.4 Å². The number of hydrogen-bond acceptors (Lipinski definition) is 6. The first kappa shape index (κ1) is 16.2. The van der Waals surface area contributed by atoms with Gasteiger partial charge in [0.2, 0.25) is 5.91 Å². The van der Waals surface area contributed by atoms with Crippen molar-refractivity contribution in [1.82, 2.24) is 10.3 Å². The molecule has 2 heterocycles. The maximum absolute atomic E-state index is 12.3. The molecule has 4 rings (SSSR count). The smallest absolute Gasteiger partial charge is 0.254 e. The van der Waals surface area contributed by atoms with E-state index in [2.05, 4.69) is 26.3 Å². The molecule has 2 aliphatic rings. The molecule has 4 N–H and O–H groups in total. The summed E-state index contributed by atoms with van der Waals surface area (Å²) in [4.78, 5) is 28.7. The van der Waals surface area contributed by atoms with Gasteiger partial charge in [0.15, 0.2) is 17.3 Å². The monoisotopic (exact) mass is 353 g/mol. The van der Waals surface area contributed by atoms with Crippen LogP contribution in [0.3, 0.4) is 0 Å². The highest BCUT2D eigenvalue weighted by molar-refractivity contribution is 6.05. The minimum absolute atomic E-state index is 0.0331. The zero-order valence-electron chi connectivity index (χ0n) is 14.5. The van der Waals surface area contributed by atoms with E-state index in [1.165, 1.54) is 6.20 Å². The molecule has 0 unspecified atom stereocenters. The molecule has 1 fully saturated rings. The second-order valence-corrected chi connectivity index (χ2v) is 6.22. The van der Waals surface area contributed by atoms with Gasteiger partial charge in [-0.25, -0.2) is 4.98 Å². The van der Waals surface area contributed by atoms with Gasteiger partial charge >= 0.3 is 0 Å². The number of para-hydroxylation sites is 1. The maximum atomic E-state index is 12.3. The van der Waals surface area contributed by atoms with Gasteiger partial charge in [0.1, 0.15) is 11.4 Å². The number of ether oxygens (including phenoxy) is 1. The van der Waals surface area contributed by atoms with Crippen LogP contribution in [-0.4, -0.2) is 30.9 Å². The number of carbonyl (C=O) groups excluding carboxylic acids is 2. The van der Waals surface area contributed by atoms with Crippen LogP contribution < -0.4 is 26.0 Å². The molecule has 1 aliphatic heterocycles. The van der Waals surface area contributed by atoms with Crippen LogP contribution in [0, 0.1) is 5.92 Å². The summed E-state index contributed by atoms with van der Waals surface area (Å²) in [6, 6.07) is 5.57. The Morgan fingerprint density at radius 1 is 1.23 bits per heavy atom. The summed E-state index contributed by atoms with van der Waals surface area (Å²) in [6.45, 7) is 0. The molecule has 0 atom stereocenters. The first-order valence-electron chi connectivity index (χ1n) is 8.44. The Morgan fingerprint density at radius 3 is 2.73 bits per heavy atom. The fourth-order valence-electron chi connectivity index (χ4n) is 2.87. The average molecular weight is 353 g/mol. The highest BCUT2D eigenvalue weighted by atomic mass is 16.5. The Kier molecular flexibility index (Phi) is 3.87. The molecule has 26 heavy (non-hydrogen) atoms. The van der Waals surface area contributed by atoms with Gasteiger partial charge in [0.05, 0.1) is 11.3 Å². The minimum atomic E-state index is -0.296. The molecule has 1 aliphatic carbocycles. The van der Waals surface area contributed by atoms with Crippen LogP contribution in [0.4, 0.5) is 22.9 Å². The molecule has 8 nitrogen and oxygen atoms in total. The van der Waals surface area contributed by atoms with Crippen LogP contribution in [0.1, 0.15) is 23.2 Å². The lowest BCUT2D eigenvalue weighted by atomic mass is 10.1. The Hall–Kier alpha value is -3.29. The number of rotatable bonds is 4. The number of fused-ring (bicyclic) bond motifs is 2. The van der Waals surface area contributed by atoms with E-state index in [1.807, 2.05) is 18.2 Å². The number of pyridine rings is 1. The lowest BCUT2D eigenvalue weighted by Crippen LogP contribution is -2.22. The molecule has 0 spiro atoms. The van der Waals surface area contributed by atoms with Crippen molar-refractivity contribution in [3.63, 3.8) is 0 Å². The van der Waals surface area contributed by atoms with Gasteiger partial charge in [-0.15, -0.1) is 0 Å². The summed E-state index contributed by atoms with van der Waals surface area (Å²) >= 11 is 0. The number of benzene rings is 1. The van der Waals surface area contributed by atoms with Gasteiger partial charge in [-0.3, -0.25) is 9.59 Å². The predicted octanol–water partition coefficient (Wildman–Crippen LogP) is 2.68. The molecule has 0 bridgehead atoms. The zero-order chi connectivity index (χ0) is 18.3. The third-order valence-electron chi connectivity index (χ3n) is 4.45. The van der Waals surface area contributed by atoms with Gasteiger partial charge in [-0.05, 0) is 25.0 Å². The number of aromatic nitrogens is 1. The van der Waals surface area contributed by atoms with E-state index < -0.39 is 0 Å². The molecule has 1 saturated carbocycles. The van der Waals surface area contributed by atoms with Crippen LogP contribution in [0.5, 0.6) is 11.5 Å². The summed E-state index contributed by atoms with van der Waals surface area (Å²) in [6.07, 6.45) is 3.21. The molecule has 2 amide bonds. The number of carbonyl (C=O) groups is 2. The van der Waals surface area contributed by atoms with Crippen molar-refractivity contribution in [2.45, 2.75) is 12.8 Å². The van der Waals surface area contributed by atoms with Crippen molar-refractivity contribution in [2.75, 3.05) is 30.0 Å². The number of nitrogens with one attached hydrogen (secondary N) is 4. The molecular formula is C18H19N5O3. The van der Waals surface area contributed by atoms with Crippen molar-refractivity contribution >= 4 is 34.7 Å². The van der Waals surface area contributed by atoms with Crippen molar-refractivity contribution in [3.8, 4) is 11.5 Å². The van der Waals surface area contributed by atoms with E-state index in [4.69, 9.17) is 4.74 Å². The quantitative estimate of drug-likeness (QED) is 0.575. The Labute approximate surface area is 150 Å². The zero-order valence-corrected chi connectivity index (χ0v) is 14.5. The Morgan fingerprint density at radius 2 is 2.04 bits per heavy atom. The van der Waals surface area contributed by atoms with E-state index in [-0.39, 0.29) is 17.7 Å². The minimum Gasteiger partial charge on any atom is -0.449 e. The van der Waals surface area contributed by atoms with Crippen molar-refractivity contribution in [1.29, 1.82) is 0 Å². The number of hydrogen-bond donors (Lipinski definition) is 4. The van der Waals surface area contributed by atoms with Crippen molar-refractivity contribution < 1.29 is 14.3 Å². The molecule has 0 saturated heterocycles. The SMILES string of the molecule is CNC(=O)c1cnc(NC(=O)C2CC2)c2c1Nc1c(NC)cccc1O2. The topological polar surface area (TPSA) is 104 Å². The maximum Gasteiger partial charge on any atom is 0.254 e.